The minimum atomic E-state index is 0.322. The molecule has 0 aliphatic carbocycles. The van der Waals surface area contributed by atoms with E-state index in [-0.39, 0.29) is 0 Å². The van der Waals surface area contributed by atoms with Gasteiger partial charge in [0.15, 0.2) is 0 Å². The first-order valence-electron chi connectivity index (χ1n) is 7.90. The zero-order valence-corrected chi connectivity index (χ0v) is 14.6. The molecule has 0 saturated heterocycles. The van der Waals surface area contributed by atoms with Crippen LogP contribution in [0.1, 0.15) is 63.3 Å². The predicted molar refractivity (Wildman–Crippen MR) is 94.9 cm³/mol. The first-order chi connectivity index (χ1) is 11.0. The van der Waals surface area contributed by atoms with Crippen LogP contribution in [0.5, 0.6) is 5.75 Å². The fourth-order valence-corrected chi connectivity index (χ4v) is 2.22. The molecular weight excluding hydrogens is 284 g/mol. The maximum Gasteiger partial charge on any atom is 0.145 e. The fraction of sp³-hybridized carbons (Fsp3) is 0.400. The van der Waals surface area contributed by atoms with Crippen molar-refractivity contribution in [3.63, 3.8) is 0 Å². The second-order valence-corrected chi connectivity index (χ2v) is 5.82. The van der Waals surface area contributed by atoms with Crippen molar-refractivity contribution in [2.45, 2.75) is 41.0 Å². The average molecular weight is 308 g/mol. The lowest BCUT2D eigenvalue weighted by Gasteiger charge is -2.17. The number of hydrogen-bond acceptors (Lipinski definition) is 3. The van der Waals surface area contributed by atoms with Gasteiger partial charge in [0, 0.05) is 5.56 Å². The molecule has 0 atom stereocenters. The van der Waals surface area contributed by atoms with Crippen molar-refractivity contribution < 1.29 is 4.74 Å². The van der Waals surface area contributed by atoms with Gasteiger partial charge in [0.05, 0.1) is 12.2 Å². The number of rotatable bonds is 6. The summed E-state index contributed by atoms with van der Waals surface area (Å²) in [6.45, 7) is 10.6. The first kappa shape index (κ1) is 18.5. The van der Waals surface area contributed by atoms with Crippen LogP contribution in [-0.2, 0) is 0 Å². The summed E-state index contributed by atoms with van der Waals surface area (Å²) in [5, 5.41) is 19.1. The summed E-state index contributed by atoms with van der Waals surface area (Å²) in [5.41, 5.74) is 3.34. The number of hydrogen-bond donors (Lipinski definition) is 0. The molecule has 1 aromatic carbocycles. The van der Waals surface area contributed by atoms with E-state index in [1.807, 2.05) is 45.1 Å². The van der Waals surface area contributed by atoms with E-state index in [1.54, 1.807) is 0 Å². The molecule has 0 heterocycles. The second-order valence-electron chi connectivity index (χ2n) is 5.82. The molecule has 23 heavy (non-hydrogen) atoms. The van der Waals surface area contributed by atoms with E-state index in [9.17, 15) is 10.5 Å². The summed E-state index contributed by atoms with van der Waals surface area (Å²) >= 11 is 0. The summed E-state index contributed by atoms with van der Waals surface area (Å²) in [4.78, 5) is 0. The van der Waals surface area contributed by atoms with Gasteiger partial charge in [-0.15, -0.1) is 0 Å². The van der Waals surface area contributed by atoms with Crippen LogP contribution in [-0.4, -0.2) is 6.61 Å². The van der Waals surface area contributed by atoms with Gasteiger partial charge in [-0.3, -0.25) is 0 Å². The Hall–Kier alpha value is -2.52. The Morgan fingerprint density at radius 2 is 1.87 bits per heavy atom. The van der Waals surface area contributed by atoms with Crippen LogP contribution in [0.15, 0.2) is 18.2 Å². The van der Waals surface area contributed by atoms with Crippen molar-refractivity contribution in [3.8, 4) is 17.9 Å². The third-order valence-corrected chi connectivity index (χ3v) is 3.68. The zero-order chi connectivity index (χ0) is 17.4. The molecule has 1 aromatic rings. The van der Waals surface area contributed by atoms with Gasteiger partial charge in [-0.2, -0.15) is 10.5 Å². The standard InChI is InChI=1S/C20H24N2O/c1-6-8-16-11-17(15(5)7-2)20(23-10-9-14(3)4)19(13-22)18(16)12-21/h6-8,11,14H,9-10H2,1-5H3. The number of allylic oxidation sites excluding steroid dienone is 3. The fourth-order valence-electron chi connectivity index (χ4n) is 2.22. The van der Waals surface area contributed by atoms with Gasteiger partial charge in [0.25, 0.3) is 0 Å². The Bertz CT molecular complexity index is 698. The molecule has 0 amide bonds. The van der Waals surface area contributed by atoms with Gasteiger partial charge in [0.1, 0.15) is 23.5 Å². The van der Waals surface area contributed by atoms with Gasteiger partial charge in [-0.25, -0.2) is 0 Å². The lowest BCUT2D eigenvalue weighted by Crippen LogP contribution is -2.06. The molecule has 0 radical (unpaired) electrons. The topological polar surface area (TPSA) is 56.8 Å². The summed E-state index contributed by atoms with van der Waals surface area (Å²) in [7, 11) is 0. The van der Waals surface area contributed by atoms with Crippen LogP contribution in [0.4, 0.5) is 0 Å². The van der Waals surface area contributed by atoms with Crippen LogP contribution in [0, 0.1) is 28.6 Å². The van der Waals surface area contributed by atoms with E-state index in [1.165, 1.54) is 0 Å². The Kier molecular flexibility index (Phi) is 7.10. The average Bonchev–Trinajstić information content (AvgIpc) is 2.54. The first-order valence-corrected chi connectivity index (χ1v) is 7.90. The van der Waals surface area contributed by atoms with Crippen molar-refractivity contribution in [2.75, 3.05) is 6.61 Å². The quantitative estimate of drug-likeness (QED) is 0.715. The summed E-state index contributed by atoms with van der Waals surface area (Å²) in [5.74, 6) is 1.04. The number of nitrogens with zero attached hydrogens (tertiary/aromatic N) is 2. The van der Waals surface area contributed by atoms with Crippen molar-refractivity contribution >= 4 is 11.6 Å². The van der Waals surface area contributed by atoms with Crippen molar-refractivity contribution in [2.24, 2.45) is 5.92 Å². The molecule has 1 rings (SSSR count). The molecule has 0 saturated carbocycles. The Morgan fingerprint density at radius 1 is 1.22 bits per heavy atom. The maximum absolute atomic E-state index is 9.59. The van der Waals surface area contributed by atoms with Gasteiger partial charge in [-0.1, -0.05) is 32.1 Å². The predicted octanol–water partition coefficient (Wildman–Crippen LogP) is 5.31. The van der Waals surface area contributed by atoms with E-state index < -0.39 is 0 Å². The summed E-state index contributed by atoms with van der Waals surface area (Å²) in [6, 6.07) is 6.24. The maximum atomic E-state index is 9.59. The molecule has 0 fully saturated rings. The van der Waals surface area contributed by atoms with Gasteiger partial charge >= 0.3 is 0 Å². The third kappa shape index (κ3) is 4.47. The van der Waals surface area contributed by atoms with E-state index in [2.05, 4.69) is 26.0 Å². The molecule has 0 aromatic heterocycles. The molecule has 0 bridgehead atoms. The van der Waals surface area contributed by atoms with Crippen molar-refractivity contribution in [1.29, 1.82) is 10.5 Å². The molecule has 0 spiro atoms. The number of benzene rings is 1. The van der Waals surface area contributed by atoms with Gasteiger partial charge in [-0.05, 0) is 50.3 Å². The molecular formula is C20H24N2O. The minimum absolute atomic E-state index is 0.322. The van der Waals surface area contributed by atoms with Gasteiger partial charge < -0.3 is 4.74 Å². The summed E-state index contributed by atoms with van der Waals surface area (Å²) in [6.07, 6.45) is 6.60. The largest absolute Gasteiger partial charge is 0.492 e. The third-order valence-electron chi connectivity index (χ3n) is 3.68. The normalized spacial score (nSPS) is 11.6. The van der Waals surface area contributed by atoms with Crippen LogP contribution >= 0.6 is 0 Å². The highest BCUT2D eigenvalue weighted by atomic mass is 16.5. The highest BCUT2D eigenvalue weighted by molar-refractivity contribution is 5.78. The molecule has 0 aliphatic rings. The molecule has 3 heteroatoms. The second kappa shape index (κ2) is 8.81. The smallest absolute Gasteiger partial charge is 0.145 e. The minimum Gasteiger partial charge on any atom is -0.492 e. The highest BCUT2D eigenvalue weighted by Crippen LogP contribution is 2.35. The Balaban J connectivity index is 3.56. The molecule has 3 nitrogen and oxygen atoms in total. The van der Waals surface area contributed by atoms with Crippen LogP contribution in [0.25, 0.3) is 11.6 Å². The van der Waals surface area contributed by atoms with Crippen molar-refractivity contribution in [3.05, 3.63) is 40.5 Å². The molecule has 0 unspecified atom stereocenters. The van der Waals surface area contributed by atoms with E-state index in [0.29, 0.717) is 29.4 Å². The Morgan fingerprint density at radius 3 is 2.35 bits per heavy atom. The molecule has 120 valence electrons. The highest BCUT2D eigenvalue weighted by Gasteiger charge is 2.19. The van der Waals surface area contributed by atoms with E-state index in [0.717, 1.165) is 23.1 Å². The van der Waals surface area contributed by atoms with Crippen molar-refractivity contribution in [1.82, 2.24) is 0 Å². The lowest BCUT2D eigenvalue weighted by molar-refractivity contribution is 0.288. The van der Waals surface area contributed by atoms with Crippen LogP contribution < -0.4 is 4.74 Å². The van der Waals surface area contributed by atoms with Gasteiger partial charge in [0.2, 0.25) is 0 Å². The van der Waals surface area contributed by atoms with Crippen LogP contribution in [0.2, 0.25) is 0 Å². The molecule has 0 aliphatic heterocycles. The number of nitriles is 2. The van der Waals surface area contributed by atoms with E-state index in [4.69, 9.17) is 4.74 Å². The monoisotopic (exact) mass is 308 g/mol. The van der Waals surface area contributed by atoms with Crippen LogP contribution in [0.3, 0.4) is 0 Å². The SMILES string of the molecule is CC=Cc1cc(C(C)=CC)c(OCCC(C)C)c(C#N)c1C#N. The van der Waals surface area contributed by atoms with E-state index >= 15 is 0 Å². The summed E-state index contributed by atoms with van der Waals surface area (Å²) < 4.78 is 5.93. The Labute approximate surface area is 139 Å². The zero-order valence-electron chi connectivity index (χ0n) is 14.6. The lowest BCUT2D eigenvalue weighted by atomic mass is 9.93. The molecule has 0 N–H and O–H groups in total. The number of ether oxygens (including phenoxy) is 1.